The number of hydrogen-bond donors (Lipinski definition) is 0. The molecule has 2 aromatic rings. The summed E-state index contributed by atoms with van der Waals surface area (Å²) in [6, 6.07) is 0. The summed E-state index contributed by atoms with van der Waals surface area (Å²) in [5, 5.41) is 2.60. The molecule has 2 aliphatic carbocycles. The van der Waals surface area contributed by atoms with Crippen LogP contribution >= 0.6 is 22.7 Å². The van der Waals surface area contributed by atoms with E-state index in [9.17, 15) is 13.6 Å². The van der Waals surface area contributed by atoms with Gasteiger partial charge in [-0.25, -0.2) is 13.8 Å². The number of Topliss-reactive ketones (excluding diaryl/α,β-unsaturated/α-hetero) is 1. The Hall–Kier alpha value is -1.38. The van der Waals surface area contributed by atoms with Gasteiger partial charge in [0.05, 0.1) is 10.6 Å². The zero-order valence-corrected chi connectivity index (χ0v) is 22.3. The topological polar surface area (TPSA) is 42.4 Å². The zero-order chi connectivity index (χ0) is 24.4. The van der Waals surface area contributed by atoms with E-state index in [0.717, 1.165) is 68.7 Å². The van der Waals surface area contributed by atoms with Crippen LogP contribution in [0.5, 0.6) is 5.19 Å². The molecule has 0 spiro atoms. The predicted octanol–water partition coefficient (Wildman–Crippen LogP) is 6.95. The summed E-state index contributed by atoms with van der Waals surface area (Å²) in [5.41, 5.74) is 3.79. The Morgan fingerprint density at radius 2 is 1.94 bits per heavy atom. The van der Waals surface area contributed by atoms with Crippen molar-refractivity contribution in [3.63, 3.8) is 0 Å². The first-order valence-corrected chi connectivity index (χ1v) is 14.9. The number of ketones is 1. The molecule has 192 valence electrons. The molecule has 2 aromatic heterocycles. The lowest BCUT2D eigenvalue weighted by atomic mass is 9.78. The minimum Gasteiger partial charge on any atom is -0.464 e. The highest BCUT2D eigenvalue weighted by Crippen LogP contribution is 2.37. The third kappa shape index (κ3) is 6.50. The van der Waals surface area contributed by atoms with Crippen molar-refractivity contribution >= 4 is 28.5 Å². The Bertz CT molecular complexity index is 1020. The van der Waals surface area contributed by atoms with Gasteiger partial charge in [0.2, 0.25) is 0 Å². The van der Waals surface area contributed by atoms with Crippen molar-refractivity contribution in [2.24, 2.45) is 11.8 Å². The van der Waals surface area contributed by atoms with Crippen molar-refractivity contribution in [2.45, 2.75) is 90.0 Å². The average Bonchev–Trinajstić information content (AvgIpc) is 3.45. The second kappa shape index (κ2) is 10.9. The Morgan fingerprint density at radius 1 is 1.17 bits per heavy atom. The molecule has 1 saturated carbocycles. The lowest BCUT2D eigenvalue weighted by Gasteiger charge is -2.31. The van der Waals surface area contributed by atoms with Crippen molar-refractivity contribution in [3.05, 3.63) is 32.0 Å². The monoisotopic (exact) mass is 522 g/mol. The van der Waals surface area contributed by atoms with Gasteiger partial charge in [0.25, 0.3) is 11.1 Å². The SMILES string of the molecule is CC(F)(F)COc1nc2c(s1)CCN(CCC1CCC(CC(=O)c3scc4c3CCCC4)CC1)C2. The van der Waals surface area contributed by atoms with Crippen LogP contribution in [0.15, 0.2) is 5.38 Å². The van der Waals surface area contributed by atoms with E-state index >= 15 is 0 Å². The van der Waals surface area contributed by atoms with Gasteiger partial charge < -0.3 is 4.74 Å². The molecule has 1 aliphatic heterocycles. The number of rotatable bonds is 9. The number of carbonyl (C=O) groups is 1. The highest BCUT2D eigenvalue weighted by molar-refractivity contribution is 7.13. The maximum atomic E-state index is 13.1. The van der Waals surface area contributed by atoms with Gasteiger partial charge in [-0.05, 0) is 86.3 Å². The van der Waals surface area contributed by atoms with Gasteiger partial charge in [-0.2, -0.15) is 0 Å². The van der Waals surface area contributed by atoms with Crippen LogP contribution in [0.3, 0.4) is 0 Å². The Morgan fingerprint density at radius 3 is 2.74 bits per heavy atom. The van der Waals surface area contributed by atoms with E-state index < -0.39 is 12.5 Å². The molecule has 0 N–H and O–H groups in total. The molecule has 0 radical (unpaired) electrons. The molecule has 0 amide bonds. The number of carbonyl (C=O) groups excluding carboxylic acids is 1. The zero-order valence-electron chi connectivity index (χ0n) is 20.6. The van der Waals surface area contributed by atoms with Gasteiger partial charge in [-0.1, -0.05) is 24.2 Å². The molecule has 3 heterocycles. The number of aryl methyl sites for hydroxylation is 1. The summed E-state index contributed by atoms with van der Waals surface area (Å²) in [5.74, 6) is -1.17. The maximum absolute atomic E-state index is 13.1. The Kier molecular flexibility index (Phi) is 7.90. The standard InChI is InChI=1S/C27H36F2N2O2S2/c1-27(28,29)17-33-26-30-22-15-31(13-11-24(22)35-26)12-10-18-6-8-19(9-7-18)14-23(32)25-21-5-3-2-4-20(21)16-34-25/h16,18-19H,2-15,17H2,1H3. The molecule has 35 heavy (non-hydrogen) atoms. The minimum atomic E-state index is -2.84. The molecule has 8 heteroatoms. The number of fused-ring (bicyclic) bond motifs is 2. The quantitative estimate of drug-likeness (QED) is 0.335. The molecular weight excluding hydrogens is 486 g/mol. The van der Waals surface area contributed by atoms with Crippen LogP contribution in [0.2, 0.25) is 0 Å². The molecule has 0 bridgehead atoms. The van der Waals surface area contributed by atoms with Crippen molar-refractivity contribution in [1.82, 2.24) is 9.88 Å². The van der Waals surface area contributed by atoms with Gasteiger partial charge in [-0.15, -0.1) is 11.3 Å². The van der Waals surface area contributed by atoms with Crippen LogP contribution in [-0.2, 0) is 25.8 Å². The Balaban J connectivity index is 1.04. The van der Waals surface area contributed by atoms with Crippen molar-refractivity contribution in [2.75, 3.05) is 19.7 Å². The van der Waals surface area contributed by atoms with Crippen LogP contribution in [0.1, 0.15) is 89.7 Å². The molecule has 0 unspecified atom stereocenters. The number of thiophene rings is 1. The first-order chi connectivity index (χ1) is 16.8. The van der Waals surface area contributed by atoms with Gasteiger partial charge in [-0.3, -0.25) is 9.69 Å². The second-order valence-corrected chi connectivity index (χ2v) is 12.7. The van der Waals surface area contributed by atoms with Crippen molar-refractivity contribution < 1.29 is 18.3 Å². The summed E-state index contributed by atoms with van der Waals surface area (Å²) in [4.78, 5) is 22.2. The van der Waals surface area contributed by atoms with Crippen LogP contribution < -0.4 is 4.74 Å². The molecule has 0 aromatic carbocycles. The summed E-state index contributed by atoms with van der Waals surface area (Å²) in [6.45, 7) is 3.08. The number of halogens is 2. The fraction of sp³-hybridized carbons (Fsp3) is 0.704. The van der Waals surface area contributed by atoms with E-state index in [1.54, 1.807) is 11.3 Å². The lowest BCUT2D eigenvalue weighted by Crippen LogP contribution is -2.32. The predicted molar refractivity (Wildman–Crippen MR) is 137 cm³/mol. The minimum absolute atomic E-state index is 0.370. The molecule has 5 rings (SSSR count). The number of aromatic nitrogens is 1. The molecule has 0 atom stereocenters. The van der Waals surface area contributed by atoms with Gasteiger partial charge >= 0.3 is 0 Å². The lowest BCUT2D eigenvalue weighted by molar-refractivity contribution is -0.0230. The fourth-order valence-electron chi connectivity index (χ4n) is 5.87. The molecule has 4 nitrogen and oxygen atoms in total. The first-order valence-electron chi connectivity index (χ1n) is 13.2. The molecule has 3 aliphatic rings. The van der Waals surface area contributed by atoms with E-state index in [0.29, 0.717) is 16.9 Å². The third-order valence-corrected chi connectivity index (χ3v) is 10.1. The number of ether oxygens (including phenoxy) is 1. The van der Waals surface area contributed by atoms with Gasteiger partial charge in [0.1, 0.15) is 0 Å². The van der Waals surface area contributed by atoms with Gasteiger partial charge in [0, 0.05) is 31.3 Å². The maximum Gasteiger partial charge on any atom is 0.278 e. The summed E-state index contributed by atoms with van der Waals surface area (Å²) < 4.78 is 31.4. The smallest absolute Gasteiger partial charge is 0.278 e. The molecule has 0 saturated heterocycles. The second-order valence-electron chi connectivity index (χ2n) is 10.8. The fourth-order valence-corrected chi connectivity index (χ4v) is 7.88. The molecule has 1 fully saturated rings. The first kappa shape index (κ1) is 25.3. The largest absolute Gasteiger partial charge is 0.464 e. The normalized spacial score (nSPS) is 23.1. The number of nitrogens with zero attached hydrogens (tertiary/aromatic N) is 2. The summed E-state index contributed by atoms with van der Waals surface area (Å²) in [6.07, 6.45) is 12.3. The highest BCUT2D eigenvalue weighted by Gasteiger charge is 2.28. The van der Waals surface area contributed by atoms with E-state index in [4.69, 9.17) is 4.74 Å². The highest BCUT2D eigenvalue weighted by atomic mass is 32.1. The van der Waals surface area contributed by atoms with Crippen LogP contribution in [0, 0.1) is 11.8 Å². The van der Waals surface area contributed by atoms with Crippen LogP contribution in [-0.4, -0.2) is 41.3 Å². The van der Waals surface area contributed by atoms with Gasteiger partial charge in [0.15, 0.2) is 12.4 Å². The van der Waals surface area contributed by atoms with Crippen molar-refractivity contribution in [3.8, 4) is 5.19 Å². The van der Waals surface area contributed by atoms with E-state index in [-0.39, 0.29) is 0 Å². The van der Waals surface area contributed by atoms with Crippen LogP contribution in [0.4, 0.5) is 8.78 Å². The number of alkyl halides is 2. The van der Waals surface area contributed by atoms with E-state index in [1.165, 1.54) is 72.3 Å². The average molecular weight is 523 g/mol. The van der Waals surface area contributed by atoms with Crippen LogP contribution in [0.25, 0.3) is 0 Å². The van der Waals surface area contributed by atoms with E-state index in [2.05, 4.69) is 15.3 Å². The number of hydrogen-bond acceptors (Lipinski definition) is 6. The third-order valence-electron chi connectivity index (χ3n) is 7.89. The summed E-state index contributed by atoms with van der Waals surface area (Å²) >= 11 is 3.10. The Labute approximate surface area is 215 Å². The number of thiazole rings is 1. The van der Waals surface area contributed by atoms with E-state index in [1.807, 2.05) is 0 Å². The summed E-state index contributed by atoms with van der Waals surface area (Å²) in [7, 11) is 0. The van der Waals surface area contributed by atoms with Crippen molar-refractivity contribution in [1.29, 1.82) is 0 Å². The molecular formula is C27H36F2N2O2S2.